The molecule has 3 N–H and O–H groups in total. The Kier molecular flexibility index (Phi) is 16.7. The van der Waals surface area contributed by atoms with E-state index >= 15 is 0 Å². The van der Waals surface area contributed by atoms with E-state index in [1.54, 1.807) is 25.0 Å². The second-order valence-electron chi connectivity index (χ2n) is 13.7. The number of alkyl halides is 3. The van der Waals surface area contributed by atoms with Crippen LogP contribution in [0, 0.1) is 17.3 Å². The quantitative estimate of drug-likeness (QED) is 0.260. The molecule has 0 bridgehead atoms. The van der Waals surface area contributed by atoms with Gasteiger partial charge in [0, 0.05) is 23.5 Å². The van der Waals surface area contributed by atoms with Gasteiger partial charge in [-0.3, -0.25) is 4.79 Å². The van der Waals surface area contributed by atoms with Crippen LogP contribution in [-0.4, -0.2) is 34.2 Å². The number of para-hydroxylation sites is 1. The SMILES string of the molecule is C.CC=C=O.CCC1(CCCC(C)C(C)C(C)(C)C)CC(C(N)=O)=NO1.FC(F)(F)c1cc(NC2CCCCC2)c2ccccc2n1. The van der Waals surface area contributed by atoms with Crippen molar-refractivity contribution in [2.75, 3.05) is 5.32 Å². The number of benzene rings is 1. The molecule has 2 heterocycles. The van der Waals surface area contributed by atoms with Gasteiger partial charge in [0.2, 0.25) is 0 Å². The third-order valence-electron chi connectivity index (χ3n) is 9.37. The van der Waals surface area contributed by atoms with Gasteiger partial charge < -0.3 is 15.9 Å². The Morgan fingerprint density at radius 1 is 1.17 bits per heavy atom. The molecule has 1 aromatic carbocycles. The lowest BCUT2D eigenvalue weighted by molar-refractivity contribution is -0.140. The molecule has 0 radical (unpaired) electrons. The first-order valence-corrected chi connectivity index (χ1v) is 16.5. The summed E-state index contributed by atoms with van der Waals surface area (Å²) in [5.74, 6) is 2.45. The predicted octanol–water partition coefficient (Wildman–Crippen LogP) is 9.91. The van der Waals surface area contributed by atoms with Gasteiger partial charge in [-0.2, -0.15) is 13.2 Å². The van der Waals surface area contributed by atoms with Crippen LogP contribution in [0.4, 0.5) is 18.9 Å². The molecule has 47 heavy (non-hydrogen) atoms. The maximum atomic E-state index is 13.0. The van der Waals surface area contributed by atoms with E-state index in [-0.39, 0.29) is 19.1 Å². The summed E-state index contributed by atoms with van der Waals surface area (Å²) >= 11 is 0. The van der Waals surface area contributed by atoms with E-state index in [1.807, 2.05) is 12.1 Å². The summed E-state index contributed by atoms with van der Waals surface area (Å²) in [5.41, 5.74) is 5.79. The molecular weight excluding hydrogens is 605 g/mol. The molecule has 10 heteroatoms. The number of fused-ring (bicyclic) bond motifs is 1. The predicted molar refractivity (Wildman–Crippen MR) is 187 cm³/mol. The number of carbonyl (C=O) groups excluding carboxylic acids is 2. The third-order valence-corrected chi connectivity index (χ3v) is 9.37. The van der Waals surface area contributed by atoms with Crippen LogP contribution in [0.15, 0.2) is 41.6 Å². The third kappa shape index (κ3) is 13.0. The lowest BCUT2D eigenvalue weighted by Crippen LogP contribution is -2.32. The average molecular weight is 663 g/mol. The number of rotatable bonds is 9. The van der Waals surface area contributed by atoms with Crippen LogP contribution >= 0.6 is 0 Å². The van der Waals surface area contributed by atoms with Gasteiger partial charge in [0.1, 0.15) is 22.9 Å². The highest BCUT2D eigenvalue weighted by Gasteiger charge is 2.39. The van der Waals surface area contributed by atoms with E-state index in [0.717, 1.165) is 56.4 Å². The van der Waals surface area contributed by atoms with Crippen molar-refractivity contribution in [3.63, 3.8) is 0 Å². The molecule has 4 rings (SSSR count). The summed E-state index contributed by atoms with van der Waals surface area (Å²) in [5, 5.41) is 7.92. The van der Waals surface area contributed by atoms with Crippen molar-refractivity contribution < 1.29 is 27.6 Å². The number of aromatic nitrogens is 1. The van der Waals surface area contributed by atoms with Crippen LogP contribution in [0.2, 0.25) is 0 Å². The molecule has 1 aliphatic heterocycles. The highest BCUT2D eigenvalue weighted by molar-refractivity contribution is 6.38. The number of halogens is 3. The van der Waals surface area contributed by atoms with Crippen molar-refractivity contribution >= 4 is 34.2 Å². The highest BCUT2D eigenvalue weighted by atomic mass is 19.4. The fourth-order valence-corrected chi connectivity index (χ4v) is 5.91. The molecule has 0 saturated heterocycles. The Bertz CT molecular complexity index is 1340. The number of anilines is 1. The first kappa shape index (κ1) is 41.6. The Balaban J connectivity index is 0.000000414. The highest BCUT2D eigenvalue weighted by Crippen LogP contribution is 2.37. The fraction of sp³-hybridized carbons (Fsp3) is 0.649. The molecule has 1 amide bonds. The Morgan fingerprint density at radius 3 is 2.30 bits per heavy atom. The topological polar surface area (TPSA) is 107 Å². The Labute approximate surface area is 280 Å². The number of primary amides is 1. The minimum atomic E-state index is -4.42. The first-order chi connectivity index (χ1) is 21.6. The summed E-state index contributed by atoms with van der Waals surface area (Å²) in [6.07, 6.45) is 7.02. The zero-order valence-corrected chi connectivity index (χ0v) is 28.6. The van der Waals surface area contributed by atoms with Crippen LogP contribution in [0.5, 0.6) is 0 Å². The minimum Gasteiger partial charge on any atom is -0.388 e. The molecule has 3 unspecified atom stereocenters. The molecule has 2 aliphatic rings. The number of hydrogen-bond donors (Lipinski definition) is 2. The number of hydrogen-bond acceptors (Lipinski definition) is 6. The summed E-state index contributed by atoms with van der Waals surface area (Å²) in [7, 11) is 0. The molecule has 7 nitrogen and oxygen atoms in total. The summed E-state index contributed by atoms with van der Waals surface area (Å²) in [6, 6.07) is 8.36. The second-order valence-corrected chi connectivity index (χ2v) is 13.7. The number of nitrogens with one attached hydrogen (secondary N) is 1. The minimum absolute atomic E-state index is 0. The monoisotopic (exact) mass is 662 g/mol. The average Bonchev–Trinajstić information content (AvgIpc) is 3.46. The van der Waals surface area contributed by atoms with Crippen LogP contribution in [0.3, 0.4) is 0 Å². The molecule has 3 atom stereocenters. The first-order valence-electron chi connectivity index (χ1n) is 16.5. The maximum absolute atomic E-state index is 13.0. The van der Waals surface area contributed by atoms with E-state index in [2.05, 4.69) is 57.0 Å². The number of nitrogens with zero attached hydrogens (tertiary/aromatic N) is 2. The molecule has 0 spiro atoms. The smallest absolute Gasteiger partial charge is 0.388 e. The van der Waals surface area contributed by atoms with E-state index in [0.29, 0.717) is 40.6 Å². The zero-order valence-electron chi connectivity index (χ0n) is 28.6. The summed E-state index contributed by atoms with van der Waals surface area (Å²) in [6.45, 7) is 15.3. The number of carbonyl (C=O) groups is 1. The summed E-state index contributed by atoms with van der Waals surface area (Å²) < 4.78 is 39.0. The molecule has 1 aromatic heterocycles. The summed E-state index contributed by atoms with van der Waals surface area (Å²) in [4.78, 5) is 29.5. The van der Waals surface area contributed by atoms with E-state index < -0.39 is 17.8 Å². The standard InChI is InChI=1S/C17H32N2O2.C16H17F3N2.C3H4O.CH4/c1-7-17(11-14(15(18)20)19-21-17)10-8-9-12(2)13(3)16(4,5)6;17-16(18,19)15-10-14(20-11-6-2-1-3-7-11)12-8-4-5-9-13(12)21-15;1-2-3-4;/h12-13H,7-11H2,1-6H3,(H2,18,20);4-5,8-11H,1-3,6-7H2,(H,20,21);2H,1H3;1H4. The maximum Gasteiger partial charge on any atom is 0.433 e. The largest absolute Gasteiger partial charge is 0.433 e. The van der Waals surface area contributed by atoms with Gasteiger partial charge in [-0.05, 0) is 74.5 Å². The number of oxime groups is 1. The van der Waals surface area contributed by atoms with Crippen molar-refractivity contribution in [3.8, 4) is 0 Å². The molecule has 1 saturated carbocycles. The number of nitrogens with two attached hydrogens (primary N) is 1. The molecule has 1 fully saturated rings. The lowest BCUT2D eigenvalue weighted by atomic mass is 9.73. The van der Waals surface area contributed by atoms with Crippen LogP contribution < -0.4 is 11.1 Å². The fourth-order valence-electron chi connectivity index (χ4n) is 5.91. The molecule has 1 aliphatic carbocycles. The molecule has 264 valence electrons. The van der Waals surface area contributed by atoms with Crippen molar-refractivity contribution in [2.24, 2.45) is 28.1 Å². The van der Waals surface area contributed by atoms with Crippen LogP contribution in [0.25, 0.3) is 10.9 Å². The van der Waals surface area contributed by atoms with Gasteiger partial charge in [-0.25, -0.2) is 9.78 Å². The van der Waals surface area contributed by atoms with Crippen molar-refractivity contribution in [2.45, 2.75) is 138 Å². The molecule has 2 aromatic rings. The van der Waals surface area contributed by atoms with Crippen molar-refractivity contribution in [3.05, 3.63) is 42.1 Å². The van der Waals surface area contributed by atoms with E-state index in [1.165, 1.54) is 18.9 Å². The van der Waals surface area contributed by atoms with E-state index in [4.69, 9.17) is 15.4 Å². The number of allylic oxidation sites excluding steroid dienone is 1. The van der Waals surface area contributed by atoms with Crippen molar-refractivity contribution in [1.82, 2.24) is 4.98 Å². The Hall–Kier alpha value is -3.39. The van der Waals surface area contributed by atoms with Gasteiger partial charge in [0.25, 0.3) is 5.91 Å². The zero-order chi connectivity index (χ0) is 34.5. The van der Waals surface area contributed by atoms with E-state index in [9.17, 15) is 18.0 Å². The normalized spacial score (nSPS) is 19.2. The van der Waals surface area contributed by atoms with Gasteiger partial charge in [0.05, 0.1) is 5.52 Å². The van der Waals surface area contributed by atoms with Gasteiger partial charge >= 0.3 is 6.18 Å². The van der Waals surface area contributed by atoms with Crippen molar-refractivity contribution in [1.29, 1.82) is 0 Å². The molecular formula is C37H57F3N4O3. The second kappa shape index (κ2) is 18.8. The number of amides is 1. The van der Waals surface area contributed by atoms with Crippen LogP contribution in [-0.2, 0) is 20.6 Å². The number of pyridine rings is 1. The van der Waals surface area contributed by atoms with Gasteiger partial charge in [0.15, 0.2) is 0 Å². The van der Waals surface area contributed by atoms with Crippen LogP contribution in [0.1, 0.15) is 126 Å². The van der Waals surface area contributed by atoms with Gasteiger partial charge in [-0.15, -0.1) is 0 Å². The lowest BCUT2D eigenvalue weighted by Gasteiger charge is -2.33. The Morgan fingerprint density at radius 2 is 1.79 bits per heavy atom. The van der Waals surface area contributed by atoms with Gasteiger partial charge in [-0.1, -0.05) is 98.0 Å².